The number of methoxy groups -OCH3 is 1. The Hall–Kier alpha value is -1.94. The fourth-order valence-electron chi connectivity index (χ4n) is 2.31. The van der Waals surface area contributed by atoms with Gasteiger partial charge in [0.05, 0.1) is 18.2 Å². The molecule has 2 aromatic rings. The molecular weight excluding hydrogens is 486 g/mol. The Labute approximate surface area is 190 Å². The van der Waals surface area contributed by atoms with Crippen LogP contribution in [0.5, 0.6) is 5.75 Å². The first-order valence-corrected chi connectivity index (χ1v) is 9.71. The number of alkyl halides is 6. The van der Waals surface area contributed by atoms with Crippen LogP contribution >= 0.6 is 47.0 Å². The second-order valence-electron chi connectivity index (χ2n) is 5.83. The van der Waals surface area contributed by atoms with Gasteiger partial charge in [-0.25, -0.2) is 0 Å². The molecule has 0 aromatic heterocycles. The summed E-state index contributed by atoms with van der Waals surface area (Å²) in [5, 5.41) is 7.43. The summed E-state index contributed by atoms with van der Waals surface area (Å²) in [7, 11) is 1.39. The van der Waals surface area contributed by atoms with E-state index in [0.717, 1.165) is 12.1 Å². The van der Waals surface area contributed by atoms with Crippen molar-refractivity contribution < 1.29 is 22.7 Å². The molecule has 0 fully saturated rings. The predicted molar refractivity (Wildman–Crippen MR) is 115 cm³/mol. The van der Waals surface area contributed by atoms with Crippen molar-refractivity contribution in [3.8, 4) is 5.75 Å². The first-order valence-electron chi connectivity index (χ1n) is 8.17. The van der Waals surface area contributed by atoms with E-state index in [0.29, 0.717) is 5.75 Å². The molecule has 2 aromatic carbocycles. The molecule has 3 N–H and O–H groups in total. The Bertz CT molecular complexity index is 923. The van der Waals surface area contributed by atoms with Gasteiger partial charge in [-0.2, -0.15) is 13.2 Å². The standard InChI is InChI=1S/C18H15Cl3F3N3O2S/c1-29-13-8-3-2-7-12(13)14(28)26-15(17(19,20)21)27-16(30)25-11-6-4-5-10(9-11)18(22,23)24/h2-9,15H,1H3,(H,26,28)(H2,25,27,30). The lowest BCUT2D eigenvalue weighted by Crippen LogP contribution is -2.56. The number of hydrogen-bond acceptors (Lipinski definition) is 3. The van der Waals surface area contributed by atoms with E-state index in [-0.39, 0.29) is 16.4 Å². The van der Waals surface area contributed by atoms with E-state index in [1.807, 2.05) is 0 Å². The Morgan fingerprint density at radius 1 is 1.07 bits per heavy atom. The number of anilines is 1. The number of thiocarbonyl (C=S) groups is 1. The molecule has 0 spiro atoms. The summed E-state index contributed by atoms with van der Waals surface area (Å²) in [5.74, 6) is -0.333. The van der Waals surface area contributed by atoms with Crippen molar-refractivity contribution in [2.24, 2.45) is 0 Å². The van der Waals surface area contributed by atoms with Crippen LogP contribution in [0.25, 0.3) is 0 Å². The highest BCUT2D eigenvalue weighted by Crippen LogP contribution is 2.31. The minimum absolute atomic E-state index is 0.0569. The van der Waals surface area contributed by atoms with Gasteiger partial charge in [0.2, 0.25) is 3.79 Å². The summed E-state index contributed by atoms with van der Waals surface area (Å²) >= 11 is 22.8. The summed E-state index contributed by atoms with van der Waals surface area (Å²) in [4.78, 5) is 12.6. The molecule has 0 saturated heterocycles. The Morgan fingerprint density at radius 2 is 1.73 bits per heavy atom. The van der Waals surface area contributed by atoms with Crippen LogP contribution < -0.4 is 20.7 Å². The average molecular weight is 501 g/mol. The molecule has 162 valence electrons. The first-order chi connectivity index (χ1) is 13.9. The van der Waals surface area contributed by atoms with Gasteiger partial charge < -0.3 is 20.7 Å². The SMILES string of the molecule is COc1ccccc1C(=O)NC(NC(=S)Nc1cccc(C(F)(F)F)c1)C(Cl)(Cl)Cl. The van der Waals surface area contributed by atoms with Gasteiger partial charge >= 0.3 is 6.18 Å². The third kappa shape index (κ3) is 6.80. The molecule has 1 atom stereocenters. The number of amides is 1. The van der Waals surface area contributed by atoms with Crippen LogP contribution in [0.2, 0.25) is 0 Å². The van der Waals surface area contributed by atoms with Crippen LogP contribution in [-0.4, -0.2) is 28.1 Å². The van der Waals surface area contributed by atoms with Crippen LogP contribution in [0.3, 0.4) is 0 Å². The smallest absolute Gasteiger partial charge is 0.416 e. The second kappa shape index (κ2) is 9.91. The molecular formula is C18H15Cl3F3N3O2S. The zero-order chi connectivity index (χ0) is 22.5. The Kier molecular flexibility index (Phi) is 8.04. The van der Waals surface area contributed by atoms with E-state index in [4.69, 9.17) is 51.8 Å². The monoisotopic (exact) mass is 499 g/mol. The Morgan fingerprint density at radius 3 is 2.33 bits per heavy atom. The minimum atomic E-state index is -4.52. The lowest BCUT2D eigenvalue weighted by Gasteiger charge is -2.28. The molecule has 1 amide bonds. The normalized spacial score (nSPS) is 12.6. The summed E-state index contributed by atoms with van der Waals surface area (Å²) in [6, 6.07) is 10.7. The Balaban J connectivity index is 2.13. The van der Waals surface area contributed by atoms with E-state index in [9.17, 15) is 18.0 Å². The number of carbonyl (C=O) groups is 1. The topological polar surface area (TPSA) is 62.4 Å². The summed E-state index contributed by atoms with van der Waals surface area (Å²) in [5.41, 5.74) is -0.628. The number of halogens is 6. The second-order valence-corrected chi connectivity index (χ2v) is 8.60. The summed E-state index contributed by atoms with van der Waals surface area (Å²) < 4.78 is 41.6. The number of hydrogen-bond donors (Lipinski definition) is 3. The molecule has 5 nitrogen and oxygen atoms in total. The maximum absolute atomic E-state index is 12.9. The summed E-state index contributed by atoms with van der Waals surface area (Å²) in [6.07, 6.45) is -5.83. The van der Waals surface area contributed by atoms with Crippen molar-refractivity contribution in [1.82, 2.24) is 10.6 Å². The average Bonchev–Trinajstić information content (AvgIpc) is 2.66. The predicted octanol–water partition coefficient (Wildman–Crippen LogP) is 5.13. The number of nitrogens with one attached hydrogen (secondary N) is 3. The quantitative estimate of drug-likeness (QED) is 0.302. The third-order valence-corrected chi connectivity index (χ3v) is 4.55. The van der Waals surface area contributed by atoms with Gasteiger partial charge in [0, 0.05) is 5.69 Å². The van der Waals surface area contributed by atoms with Crippen molar-refractivity contribution >= 4 is 63.7 Å². The van der Waals surface area contributed by atoms with E-state index in [1.165, 1.54) is 25.3 Å². The molecule has 0 bridgehead atoms. The van der Waals surface area contributed by atoms with Crippen molar-refractivity contribution in [2.75, 3.05) is 12.4 Å². The highest BCUT2D eigenvalue weighted by molar-refractivity contribution is 7.80. The molecule has 2 rings (SSSR count). The molecule has 30 heavy (non-hydrogen) atoms. The van der Waals surface area contributed by atoms with Gasteiger partial charge in [-0.05, 0) is 42.5 Å². The van der Waals surface area contributed by atoms with Crippen molar-refractivity contribution in [1.29, 1.82) is 0 Å². The van der Waals surface area contributed by atoms with Gasteiger partial charge in [0.25, 0.3) is 5.91 Å². The van der Waals surface area contributed by atoms with Gasteiger partial charge in [-0.3, -0.25) is 4.79 Å². The zero-order valence-corrected chi connectivity index (χ0v) is 18.3. The molecule has 0 aliphatic rings. The first kappa shape index (κ1) is 24.3. The highest BCUT2D eigenvalue weighted by atomic mass is 35.6. The van der Waals surface area contributed by atoms with Gasteiger partial charge in [-0.15, -0.1) is 0 Å². The van der Waals surface area contributed by atoms with Gasteiger partial charge in [0.15, 0.2) is 5.11 Å². The minimum Gasteiger partial charge on any atom is -0.496 e. The number of para-hydroxylation sites is 1. The van der Waals surface area contributed by atoms with Crippen LogP contribution in [0.15, 0.2) is 48.5 Å². The van der Waals surface area contributed by atoms with Crippen LogP contribution in [0.1, 0.15) is 15.9 Å². The van der Waals surface area contributed by atoms with Crippen LogP contribution in [0, 0.1) is 0 Å². The maximum atomic E-state index is 12.9. The molecule has 0 aliphatic heterocycles. The largest absolute Gasteiger partial charge is 0.496 e. The van der Waals surface area contributed by atoms with Crippen molar-refractivity contribution in [3.05, 3.63) is 59.7 Å². The van der Waals surface area contributed by atoms with Crippen molar-refractivity contribution in [3.63, 3.8) is 0 Å². The fraction of sp³-hybridized carbons (Fsp3) is 0.222. The van der Waals surface area contributed by atoms with Gasteiger partial charge in [0.1, 0.15) is 11.9 Å². The number of benzene rings is 2. The van der Waals surface area contributed by atoms with Crippen molar-refractivity contribution in [2.45, 2.75) is 16.1 Å². The maximum Gasteiger partial charge on any atom is 0.416 e. The molecule has 0 saturated carbocycles. The lowest BCUT2D eigenvalue weighted by atomic mass is 10.2. The van der Waals surface area contributed by atoms with E-state index >= 15 is 0 Å². The van der Waals surface area contributed by atoms with Crippen LogP contribution in [0.4, 0.5) is 18.9 Å². The zero-order valence-electron chi connectivity index (χ0n) is 15.2. The molecule has 0 radical (unpaired) electrons. The number of ether oxygens (including phenoxy) is 1. The number of carbonyl (C=O) groups excluding carboxylic acids is 1. The fourth-order valence-corrected chi connectivity index (χ4v) is 2.88. The van der Waals surface area contributed by atoms with Crippen LogP contribution in [-0.2, 0) is 6.18 Å². The lowest BCUT2D eigenvalue weighted by molar-refractivity contribution is -0.137. The van der Waals surface area contributed by atoms with E-state index in [2.05, 4.69) is 16.0 Å². The van der Waals surface area contributed by atoms with E-state index < -0.39 is 27.6 Å². The molecule has 1 unspecified atom stereocenters. The van der Waals surface area contributed by atoms with Gasteiger partial charge in [-0.1, -0.05) is 53.0 Å². The third-order valence-electron chi connectivity index (χ3n) is 3.68. The number of rotatable bonds is 5. The summed E-state index contributed by atoms with van der Waals surface area (Å²) in [6.45, 7) is 0. The molecule has 0 aliphatic carbocycles. The highest BCUT2D eigenvalue weighted by Gasteiger charge is 2.35. The molecule has 0 heterocycles. The van der Waals surface area contributed by atoms with E-state index in [1.54, 1.807) is 18.2 Å². The molecule has 12 heteroatoms.